The summed E-state index contributed by atoms with van der Waals surface area (Å²) in [7, 11) is 0. The molecule has 1 aromatic heterocycles. The van der Waals surface area contributed by atoms with E-state index in [4.69, 9.17) is 10.5 Å². The van der Waals surface area contributed by atoms with Crippen LogP contribution in [-0.4, -0.2) is 18.2 Å². The van der Waals surface area contributed by atoms with E-state index in [0.717, 1.165) is 19.6 Å². The Morgan fingerprint density at radius 2 is 2.62 bits per heavy atom. The number of hydrogen-bond acceptors (Lipinski definition) is 4. The number of ether oxygens (including phenoxy) is 1. The Hall–Kier alpha value is -0.450. The maximum Gasteiger partial charge on any atom is 0.0983 e. The SMILES string of the molecule is CC(N)c1cnc(C2CCOC2)s1. The van der Waals surface area contributed by atoms with Gasteiger partial charge < -0.3 is 10.5 Å². The van der Waals surface area contributed by atoms with Gasteiger partial charge in [0.1, 0.15) is 0 Å². The molecule has 0 aromatic carbocycles. The molecule has 1 saturated heterocycles. The summed E-state index contributed by atoms with van der Waals surface area (Å²) in [4.78, 5) is 5.55. The van der Waals surface area contributed by atoms with Crippen LogP contribution in [0.4, 0.5) is 0 Å². The molecule has 1 aromatic rings. The second-order valence-electron chi connectivity index (χ2n) is 3.45. The highest BCUT2D eigenvalue weighted by Crippen LogP contribution is 2.30. The van der Waals surface area contributed by atoms with Crippen LogP contribution in [0.15, 0.2) is 6.20 Å². The lowest BCUT2D eigenvalue weighted by Crippen LogP contribution is -2.01. The number of rotatable bonds is 2. The van der Waals surface area contributed by atoms with Gasteiger partial charge in [-0.25, -0.2) is 4.98 Å². The number of thiazole rings is 1. The van der Waals surface area contributed by atoms with E-state index >= 15 is 0 Å². The summed E-state index contributed by atoms with van der Waals surface area (Å²) >= 11 is 1.72. The summed E-state index contributed by atoms with van der Waals surface area (Å²) < 4.78 is 5.32. The summed E-state index contributed by atoms with van der Waals surface area (Å²) in [6.07, 6.45) is 2.99. The second kappa shape index (κ2) is 3.74. The second-order valence-corrected chi connectivity index (χ2v) is 4.54. The fourth-order valence-corrected chi connectivity index (χ4v) is 2.42. The first-order valence-electron chi connectivity index (χ1n) is 4.56. The molecule has 0 bridgehead atoms. The molecule has 72 valence electrons. The molecule has 3 nitrogen and oxygen atoms in total. The molecule has 1 aliphatic rings. The van der Waals surface area contributed by atoms with Crippen LogP contribution in [-0.2, 0) is 4.74 Å². The Bertz CT molecular complexity index is 279. The number of nitrogens with two attached hydrogens (primary N) is 1. The first kappa shape index (κ1) is 9.12. The Labute approximate surface area is 81.9 Å². The lowest BCUT2D eigenvalue weighted by Gasteiger charge is -2.01. The predicted octanol–water partition coefficient (Wildman–Crippen LogP) is 1.67. The Kier molecular flexibility index (Phi) is 2.62. The molecular formula is C9H14N2OS. The minimum absolute atomic E-state index is 0.105. The highest BCUT2D eigenvalue weighted by Gasteiger charge is 2.21. The molecule has 1 aliphatic heterocycles. The van der Waals surface area contributed by atoms with Gasteiger partial charge in [0.2, 0.25) is 0 Å². The first-order valence-corrected chi connectivity index (χ1v) is 5.38. The summed E-state index contributed by atoms with van der Waals surface area (Å²) in [6.45, 7) is 3.69. The number of nitrogens with zero attached hydrogens (tertiary/aromatic N) is 1. The zero-order valence-electron chi connectivity index (χ0n) is 7.69. The van der Waals surface area contributed by atoms with Gasteiger partial charge >= 0.3 is 0 Å². The molecule has 2 rings (SSSR count). The smallest absolute Gasteiger partial charge is 0.0983 e. The van der Waals surface area contributed by atoms with Gasteiger partial charge in [-0.2, -0.15) is 0 Å². The molecule has 0 radical (unpaired) electrons. The van der Waals surface area contributed by atoms with Crippen molar-refractivity contribution >= 4 is 11.3 Å². The van der Waals surface area contributed by atoms with Gasteiger partial charge in [0.25, 0.3) is 0 Å². The van der Waals surface area contributed by atoms with Crippen molar-refractivity contribution in [2.45, 2.75) is 25.3 Å². The van der Waals surface area contributed by atoms with Crippen LogP contribution >= 0.6 is 11.3 Å². The average Bonchev–Trinajstić information content (AvgIpc) is 2.75. The first-order chi connectivity index (χ1) is 6.27. The topological polar surface area (TPSA) is 48.1 Å². The number of hydrogen-bond donors (Lipinski definition) is 1. The van der Waals surface area contributed by atoms with Gasteiger partial charge in [0.15, 0.2) is 0 Å². The van der Waals surface area contributed by atoms with Gasteiger partial charge in [-0.3, -0.25) is 0 Å². The van der Waals surface area contributed by atoms with Crippen molar-refractivity contribution in [3.63, 3.8) is 0 Å². The maximum absolute atomic E-state index is 5.76. The average molecular weight is 198 g/mol. The summed E-state index contributed by atoms with van der Waals surface area (Å²) in [6, 6.07) is 0.105. The normalized spacial score (nSPS) is 24.9. The molecule has 0 spiro atoms. The lowest BCUT2D eigenvalue weighted by molar-refractivity contribution is 0.194. The standard InChI is InChI=1S/C9H14N2OS/c1-6(10)8-4-11-9(13-8)7-2-3-12-5-7/h4,6-7H,2-3,5,10H2,1H3. The highest BCUT2D eigenvalue weighted by atomic mass is 32.1. The van der Waals surface area contributed by atoms with Gasteiger partial charge in [-0.15, -0.1) is 11.3 Å². The van der Waals surface area contributed by atoms with Gasteiger partial charge in [-0.05, 0) is 13.3 Å². The fraction of sp³-hybridized carbons (Fsp3) is 0.667. The third kappa shape index (κ3) is 1.90. The number of aromatic nitrogens is 1. The van der Waals surface area contributed by atoms with Crippen molar-refractivity contribution in [1.82, 2.24) is 4.98 Å². The van der Waals surface area contributed by atoms with Crippen LogP contribution in [0.25, 0.3) is 0 Å². The molecule has 2 heterocycles. The Balaban J connectivity index is 2.12. The van der Waals surface area contributed by atoms with E-state index in [1.165, 1.54) is 9.88 Å². The van der Waals surface area contributed by atoms with E-state index in [9.17, 15) is 0 Å². The quantitative estimate of drug-likeness (QED) is 0.786. The molecule has 2 atom stereocenters. The third-order valence-electron chi connectivity index (χ3n) is 2.27. The minimum atomic E-state index is 0.105. The maximum atomic E-state index is 5.76. The van der Waals surface area contributed by atoms with E-state index in [1.54, 1.807) is 11.3 Å². The molecule has 0 aliphatic carbocycles. The van der Waals surface area contributed by atoms with Crippen LogP contribution in [0.3, 0.4) is 0 Å². The zero-order chi connectivity index (χ0) is 9.26. The summed E-state index contributed by atoms with van der Waals surface area (Å²) in [5.74, 6) is 0.512. The van der Waals surface area contributed by atoms with Crippen LogP contribution in [0.2, 0.25) is 0 Å². The van der Waals surface area contributed by atoms with Crippen molar-refractivity contribution in [1.29, 1.82) is 0 Å². The molecule has 2 unspecified atom stereocenters. The molecule has 13 heavy (non-hydrogen) atoms. The Morgan fingerprint density at radius 3 is 3.15 bits per heavy atom. The molecule has 1 fully saturated rings. The van der Waals surface area contributed by atoms with Gasteiger partial charge in [0.05, 0.1) is 11.6 Å². The predicted molar refractivity (Wildman–Crippen MR) is 52.9 cm³/mol. The van der Waals surface area contributed by atoms with Crippen LogP contribution in [0.5, 0.6) is 0 Å². The zero-order valence-corrected chi connectivity index (χ0v) is 8.51. The monoisotopic (exact) mass is 198 g/mol. The summed E-state index contributed by atoms with van der Waals surface area (Å²) in [5, 5.41) is 1.19. The highest BCUT2D eigenvalue weighted by molar-refractivity contribution is 7.11. The van der Waals surface area contributed by atoms with Crippen molar-refractivity contribution < 1.29 is 4.74 Å². The molecule has 0 amide bonds. The van der Waals surface area contributed by atoms with E-state index < -0.39 is 0 Å². The molecule has 2 N–H and O–H groups in total. The summed E-state index contributed by atoms with van der Waals surface area (Å²) in [5.41, 5.74) is 5.76. The molecular weight excluding hydrogens is 184 g/mol. The van der Waals surface area contributed by atoms with Crippen molar-refractivity contribution in [3.05, 3.63) is 16.1 Å². The van der Waals surface area contributed by atoms with Crippen LogP contribution in [0.1, 0.15) is 35.2 Å². The lowest BCUT2D eigenvalue weighted by atomic mass is 10.1. The van der Waals surface area contributed by atoms with E-state index in [2.05, 4.69) is 4.98 Å². The molecule has 4 heteroatoms. The van der Waals surface area contributed by atoms with E-state index in [1.807, 2.05) is 13.1 Å². The molecule has 0 saturated carbocycles. The van der Waals surface area contributed by atoms with Gasteiger partial charge in [-0.1, -0.05) is 0 Å². The van der Waals surface area contributed by atoms with Crippen LogP contribution < -0.4 is 5.73 Å². The van der Waals surface area contributed by atoms with E-state index in [-0.39, 0.29) is 6.04 Å². The van der Waals surface area contributed by atoms with Gasteiger partial charge in [0, 0.05) is 29.6 Å². The Morgan fingerprint density at radius 1 is 1.77 bits per heavy atom. The third-order valence-corrected chi connectivity index (χ3v) is 3.63. The van der Waals surface area contributed by atoms with Crippen molar-refractivity contribution in [2.75, 3.05) is 13.2 Å². The van der Waals surface area contributed by atoms with Crippen molar-refractivity contribution in [2.24, 2.45) is 5.73 Å². The van der Waals surface area contributed by atoms with E-state index in [0.29, 0.717) is 5.92 Å². The van der Waals surface area contributed by atoms with Crippen molar-refractivity contribution in [3.8, 4) is 0 Å². The largest absolute Gasteiger partial charge is 0.381 e. The van der Waals surface area contributed by atoms with Crippen LogP contribution in [0, 0.1) is 0 Å². The fourth-order valence-electron chi connectivity index (χ4n) is 1.43. The minimum Gasteiger partial charge on any atom is -0.381 e.